The predicted octanol–water partition coefficient (Wildman–Crippen LogP) is 4.39. The molecule has 0 saturated carbocycles. The molecule has 4 aromatic rings. The minimum atomic E-state index is -0.972. The Hall–Kier alpha value is -4.33. The molecule has 3 aromatic heterocycles. The van der Waals surface area contributed by atoms with Crippen molar-refractivity contribution in [2.24, 2.45) is 5.73 Å². The zero-order valence-corrected chi connectivity index (χ0v) is 19.4. The molecule has 3 heterocycles. The van der Waals surface area contributed by atoms with Gasteiger partial charge < -0.3 is 15.4 Å². The number of carbonyl (C=O) groups excluding carboxylic acids is 1. The fraction of sp³-hybridized carbons (Fsp3) is 0.192. The highest BCUT2D eigenvalue weighted by Crippen LogP contribution is 2.33. The molecule has 0 aliphatic carbocycles. The number of fused-ring (bicyclic) bond motifs is 1. The number of nitrogens with two attached hydrogens (primary N) is 1. The number of rotatable bonds is 6. The van der Waals surface area contributed by atoms with Crippen LogP contribution in [0.5, 0.6) is 0 Å². The molecule has 0 saturated heterocycles. The minimum Gasteiger partial charge on any atom is -0.478 e. The highest BCUT2D eigenvalue weighted by atomic mass is 16.4. The highest BCUT2D eigenvalue weighted by molar-refractivity contribution is 6.19. The molecular weight excluding hydrogens is 430 g/mol. The second-order valence-corrected chi connectivity index (χ2v) is 8.26. The van der Waals surface area contributed by atoms with Gasteiger partial charge in [-0.15, -0.1) is 0 Å². The van der Waals surface area contributed by atoms with Crippen LogP contribution in [0.2, 0.25) is 0 Å². The number of Topliss-reactive ketones (excluding diaryl/α,β-unsaturated/α-hetero) is 1. The van der Waals surface area contributed by atoms with Crippen LogP contribution < -0.4 is 5.73 Å². The summed E-state index contributed by atoms with van der Waals surface area (Å²) in [6.45, 7) is 6.89. The van der Waals surface area contributed by atoms with Crippen molar-refractivity contribution in [1.29, 1.82) is 0 Å². The quantitative estimate of drug-likeness (QED) is 0.413. The molecule has 0 amide bonds. The van der Waals surface area contributed by atoms with Crippen molar-refractivity contribution in [3.05, 3.63) is 83.2 Å². The van der Waals surface area contributed by atoms with E-state index in [9.17, 15) is 14.7 Å². The summed E-state index contributed by atoms with van der Waals surface area (Å²) in [5.41, 5.74) is 11.6. The van der Waals surface area contributed by atoms with Crippen LogP contribution in [-0.2, 0) is 4.79 Å². The van der Waals surface area contributed by atoms with E-state index in [1.165, 1.54) is 6.92 Å². The maximum absolute atomic E-state index is 12.2. The number of aryl methyl sites for hydroxylation is 1. The Bertz CT molecular complexity index is 1450. The minimum absolute atomic E-state index is 0.176. The van der Waals surface area contributed by atoms with Gasteiger partial charge in [-0.25, -0.2) is 14.8 Å². The van der Waals surface area contributed by atoms with Crippen molar-refractivity contribution in [3.8, 4) is 11.1 Å². The van der Waals surface area contributed by atoms with Crippen LogP contribution in [0.25, 0.3) is 27.9 Å². The summed E-state index contributed by atoms with van der Waals surface area (Å²) in [4.78, 5) is 37.7. The van der Waals surface area contributed by atoms with E-state index in [0.29, 0.717) is 33.7 Å². The molecule has 8 nitrogen and oxygen atoms in total. The molecule has 3 N–H and O–H groups in total. The van der Waals surface area contributed by atoms with E-state index in [1.807, 2.05) is 42.0 Å². The van der Waals surface area contributed by atoms with Crippen LogP contribution in [0.1, 0.15) is 54.1 Å². The maximum atomic E-state index is 12.2. The number of aromatic nitrogens is 4. The Balaban J connectivity index is 1.98. The summed E-state index contributed by atoms with van der Waals surface area (Å²) in [6.07, 6.45) is 5.22. The van der Waals surface area contributed by atoms with Gasteiger partial charge in [-0.3, -0.25) is 9.78 Å². The van der Waals surface area contributed by atoms with Crippen molar-refractivity contribution in [3.63, 3.8) is 0 Å². The van der Waals surface area contributed by atoms with Crippen LogP contribution in [0.15, 0.2) is 60.7 Å². The third-order valence-electron chi connectivity index (χ3n) is 5.83. The molecule has 0 bridgehead atoms. The standard InChI is InChI=1S/C26H25N5O3/c1-14-11-18(8-9-19(14)26(33)34)20-13-31(16(3)21-7-5-6-10-28-21)25-24(20)29-12-22(30-25)23(15(2)27)17(4)32/h5-13,16H,27H2,1-4H3,(H,33,34)/t16-/m0/s1. The molecule has 4 rings (SSSR count). The van der Waals surface area contributed by atoms with Crippen molar-refractivity contribution in [2.45, 2.75) is 33.7 Å². The first kappa shape index (κ1) is 22.8. The first-order chi connectivity index (χ1) is 16.2. The number of carboxylic acid groups (broad SMARTS) is 1. The fourth-order valence-electron chi connectivity index (χ4n) is 4.13. The highest BCUT2D eigenvalue weighted by Gasteiger charge is 2.21. The van der Waals surface area contributed by atoms with Gasteiger partial charge in [-0.2, -0.15) is 0 Å². The van der Waals surface area contributed by atoms with Gasteiger partial charge in [0.2, 0.25) is 0 Å². The van der Waals surface area contributed by atoms with Crippen LogP contribution in [0.3, 0.4) is 0 Å². The normalized spacial score (nSPS) is 12.9. The van der Waals surface area contributed by atoms with Gasteiger partial charge in [-0.1, -0.05) is 18.2 Å². The number of ketones is 1. The molecule has 1 aromatic carbocycles. The lowest BCUT2D eigenvalue weighted by atomic mass is 10.0. The molecule has 0 fully saturated rings. The van der Waals surface area contributed by atoms with Crippen LogP contribution >= 0.6 is 0 Å². The number of pyridine rings is 1. The molecular formula is C26H25N5O3. The molecule has 1 atom stereocenters. The Morgan fingerprint density at radius 1 is 1.12 bits per heavy atom. The Morgan fingerprint density at radius 3 is 2.47 bits per heavy atom. The molecule has 172 valence electrons. The van der Waals surface area contributed by atoms with Crippen LogP contribution in [0.4, 0.5) is 0 Å². The van der Waals surface area contributed by atoms with Crippen LogP contribution in [-0.4, -0.2) is 36.4 Å². The second kappa shape index (κ2) is 8.90. The summed E-state index contributed by atoms with van der Waals surface area (Å²) in [6, 6.07) is 10.7. The Labute approximate surface area is 196 Å². The topological polar surface area (TPSA) is 124 Å². The average Bonchev–Trinajstić information content (AvgIpc) is 3.17. The summed E-state index contributed by atoms with van der Waals surface area (Å²) >= 11 is 0. The molecule has 0 unspecified atom stereocenters. The van der Waals surface area contributed by atoms with E-state index in [1.54, 1.807) is 38.4 Å². The summed E-state index contributed by atoms with van der Waals surface area (Å²) < 4.78 is 1.97. The monoisotopic (exact) mass is 455 g/mol. The van der Waals surface area contributed by atoms with Gasteiger partial charge in [0.1, 0.15) is 5.52 Å². The van der Waals surface area contributed by atoms with Gasteiger partial charge in [-0.05, 0) is 57.0 Å². The number of carbonyl (C=O) groups is 2. The lowest BCUT2D eigenvalue weighted by Gasteiger charge is -2.14. The Kier molecular flexibility index (Phi) is 5.98. The lowest BCUT2D eigenvalue weighted by molar-refractivity contribution is -0.111. The molecule has 0 aliphatic rings. The summed E-state index contributed by atoms with van der Waals surface area (Å²) in [5.74, 6) is -1.16. The Morgan fingerprint density at radius 2 is 1.88 bits per heavy atom. The van der Waals surface area contributed by atoms with Crippen LogP contribution in [0, 0.1) is 6.92 Å². The van der Waals surface area contributed by atoms with Gasteiger partial charge >= 0.3 is 5.97 Å². The molecule has 8 heteroatoms. The van der Waals surface area contributed by atoms with Gasteiger partial charge in [0.05, 0.1) is 34.8 Å². The first-order valence-electron chi connectivity index (χ1n) is 10.8. The fourth-order valence-corrected chi connectivity index (χ4v) is 4.13. The smallest absolute Gasteiger partial charge is 0.335 e. The third kappa shape index (κ3) is 4.05. The summed E-state index contributed by atoms with van der Waals surface area (Å²) in [5, 5.41) is 9.40. The third-order valence-corrected chi connectivity index (χ3v) is 5.83. The van der Waals surface area contributed by atoms with Gasteiger partial charge in [0, 0.05) is 23.7 Å². The molecule has 0 radical (unpaired) electrons. The van der Waals surface area contributed by atoms with E-state index in [-0.39, 0.29) is 17.4 Å². The molecule has 34 heavy (non-hydrogen) atoms. The van der Waals surface area contributed by atoms with Gasteiger partial charge in [0.25, 0.3) is 0 Å². The first-order valence-corrected chi connectivity index (χ1v) is 10.8. The lowest BCUT2D eigenvalue weighted by Crippen LogP contribution is -2.10. The van der Waals surface area contributed by atoms with E-state index in [0.717, 1.165) is 16.8 Å². The van der Waals surface area contributed by atoms with E-state index >= 15 is 0 Å². The second-order valence-electron chi connectivity index (χ2n) is 8.26. The van der Waals surface area contributed by atoms with Crippen molar-refractivity contribution in [1.82, 2.24) is 19.5 Å². The average molecular weight is 456 g/mol. The van der Waals surface area contributed by atoms with Crippen molar-refractivity contribution < 1.29 is 14.7 Å². The number of benzene rings is 1. The zero-order valence-electron chi connectivity index (χ0n) is 19.4. The number of carboxylic acids is 1. The largest absolute Gasteiger partial charge is 0.478 e. The van der Waals surface area contributed by atoms with Crippen molar-refractivity contribution in [2.75, 3.05) is 0 Å². The van der Waals surface area contributed by atoms with E-state index in [4.69, 9.17) is 10.7 Å². The number of allylic oxidation sites excluding steroid dienone is 2. The predicted molar refractivity (Wildman–Crippen MR) is 130 cm³/mol. The number of hydrogen-bond donors (Lipinski definition) is 2. The zero-order chi connectivity index (χ0) is 24.6. The number of nitrogens with zero attached hydrogens (tertiary/aromatic N) is 4. The van der Waals surface area contributed by atoms with E-state index in [2.05, 4.69) is 9.97 Å². The van der Waals surface area contributed by atoms with Gasteiger partial charge in [0.15, 0.2) is 11.4 Å². The summed E-state index contributed by atoms with van der Waals surface area (Å²) in [7, 11) is 0. The number of aromatic carboxylic acids is 1. The SMILES string of the molecule is CC(=O)C(=C(C)N)c1cnc2c(-c3ccc(C(=O)O)c(C)c3)cn([C@@H](C)c3ccccn3)c2n1. The van der Waals surface area contributed by atoms with E-state index < -0.39 is 5.97 Å². The molecule has 0 aliphatic heterocycles. The maximum Gasteiger partial charge on any atom is 0.335 e. The molecule has 0 spiro atoms. The number of hydrogen-bond acceptors (Lipinski definition) is 6. The van der Waals surface area contributed by atoms with Crippen molar-refractivity contribution >= 4 is 28.5 Å².